The second-order valence-corrected chi connectivity index (χ2v) is 5.12. The summed E-state index contributed by atoms with van der Waals surface area (Å²) in [5, 5.41) is 5.50. The van der Waals surface area contributed by atoms with E-state index in [2.05, 4.69) is 10.6 Å². The summed E-state index contributed by atoms with van der Waals surface area (Å²) in [4.78, 5) is 11.9. The zero-order valence-corrected chi connectivity index (χ0v) is 12.5. The van der Waals surface area contributed by atoms with Gasteiger partial charge in [-0.2, -0.15) is 0 Å². The number of rotatable bonds is 4. The van der Waals surface area contributed by atoms with Crippen LogP contribution >= 0.6 is 0 Å². The lowest BCUT2D eigenvalue weighted by Crippen LogP contribution is -2.30. The van der Waals surface area contributed by atoms with Crippen molar-refractivity contribution in [3.05, 3.63) is 53.8 Å². The summed E-state index contributed by atoms with van der Waals surface area (Å²) in [6, 6.07) is 11.2. The first-order valence-electron chi connectivity index (χ1n) is 7.40. The predicted molar refractivity (Wildman–Crippen MR) is 84.6 cm³/mol. The van der Waals surface area contributed by atoms with Gasteiger partial charge in [0.15, 0.2) is 11.5 Å². The van der Waals surface area contributed by atoms with Gasteiger partial charge in [-0.3, -0.25) is 0 Å². The number of amides is 2. The SMILES string of the molecule is O=C(NCCc1ccc(F)cc1)Nc1ccc2c(c1)OCCO2. The molecular weight excluding hydrogens is 299 g/mol. The van der Waals surface area contributed by atoms with Gasteiger partial charge in [0.2, 0.25) is 0 Å². The number of halogens is 1. The van der Waals surface area contributed by atoms with Gasteiger partial charge in [0.25, 0.3) is 0 Å². The van der Waals surface area contributed by atoms with Gasteiger partial charge in [0.05, 0.1) is 0 Å². The standard InChI is InChI=1S/C17H17FN2O3/c18-13-3-1-12(2-4-13)7-8-19-17(21)20-14-5-6-15-16(11-14)23-10-9-22-15/h1-6,11H,7-10H2,(H2,19,20,21). The van der Waals surface area contributed by atoms with Crippen LogP contribution in [0, 0.1) is 5.82 Å². The number of fused-ring (bicyclic) bond motifs is 1. The van der Waals surface area contributed by atoms with Gasteiger partial charge < -0.3 is 20.1 Å². The van der Waals surface area contributed by atoms with Crippen LogP contribution in [0.5, 0.6) is 11.5 Å². The van der Waals surface area contributed by atoms with E-state index in [-0.39, 0.29) is 11.8 Å². The summed E-state index contributed by atoms with van der Waals surface area (Å²) in [7, 11) is 0. The molecule has 2 aromatic rings. The first kappa shape index (κ1) is 15.1. The highest BCUT2D eigenvalue weighted by Gasteiger charge is 2.12. The van der Waals surface area contributed by atoms with Crippen molar-refractivity contribution in [2.45, 2.75) is 6.42 Å². The van der Waals surface area contributed by atoms with Crippen molar-refractivity contribution in [2.24, 2.45) is 0 Å². The Balaban J connectivity index is 1.48. The minimum absolute atomic E-state index is 0.266. The molecule has 0 spiro atoms. The molecule has 5 nitrogen and oxygen atoms in total. The zero-order chi connectivity index (χ0) is 16.1. The zero-order valence-electron chi connectivity index (χ0n) is 12.5. The van der Waals surface area contributed by atoms with E-state index in [4.69, 9.17) is 9.47 Å². The summed E-state index contributed by atoms with van der Waals surface area (Å²) in [5.41, 5.74) is 1.60. The molecule has 6 heteroatoms. The Labute approximate surface area is 133 Å². The van der Waals surface area contributed by atoms with Crippen LogP contribution < -0.4 is 20.1 Å². The molecule has 0 unspecified atom stereocenters. The second-order valence-electron chi connectivity index (χ2n) is 5.12. The molecule has 1 aliphatic rings. The molecule has 23 heavy (non-hydrogen) atoms. The molecule has 2 amide bonds. The van der Waals surface area contributed by atoms with Crippen molar-refractivity contribution < 1.29 is 18.7 Å². The number of benzene rings is 2. The molecule has 120 valence electrons. The largest absolute Gasteiger partial charge is 0.486 e. The van der Waals surface area contributed by atoms with E-state index in [0.717, 1.165) is 5.56 Å². The first-order chi connectivity index (χ1) is 11.2. The lowest BCUT2D eigenvalue weighted by molar-refractivity contribution is 0.171. The molecular formula is C17H17FN2O3. The predicted octanol–water partition coefficient (Wildman–Crippen LogP) is 2.96. The van der Waals surface area contributed by atoms with Crippen molar-refractivity contribution >= 4 is 11.7 Å². The van der Waals surface area contributed by atoms with E-state index < -0.39 is 0 Å². The van der Waals surface area contributed by atoms with Crippen LogP contribution in [-0.4, -0.2) is 25.8 Å². The van der Waals surface area contributed by atoms with Gasteiger partial charge in [-0.05, 0) is 36.2 Å². The van der Waals surface area contributed by atoms with Crippen LogP contribution in [0.1, 0.15) is 5.56 Å². The quantitative estimate of drug-likeness (QED) is 0.912. The van der Waals surface area contributed by atoms with E-state index >= 15 is 0 Å². The summed E-state index contributed by atoms with van der Waals surface area (Å²) < 4.78 is 23.7. The van der Waals surface area contributed by atoms with E-state index in [0.29, 0.717) is 43.4 Å². The Hall–Kier alpha value is -2.76. The molecule has 0 saturated carbocycles. The molecule has 1 aliphatic heterocycles. The molecule has 0 atom stereocenters. The molecule has 0 saturated heterocycles. The summed E-state index contributed by atoms with van der Waals surface area (Å²) in [5.74, 6) is 1.04. The van der Waals surface area contributed by atoms with Gasteiger partial charge in [0.1, 0.15) is 19.0 Å². The number of anilines is 1. The molecule has 2 N–H and O–H groups in total. The first-order valence-corrected chi connectivity index (χ1v) is 7.40. The fraction of sp³-hybridized carbons (Fsp3) is 0.235. The highest BCUT2D eigenvalue weighted by atomic mass is 19.1. The summed E-state index contributed by atoms with van der Waals surface area (Å²) in [6.07, 6.45) is 0.634. The Bertz CT molecular complexity index is 689. The van der Waals surface area contributed by atoms with Crippen molar-refractivity contribution in [3.63, 3.8) is 0 Å². The van der Waals surface area contributed by atoms with Crippen LogP contribution in [0.2, 0.25) is 0 Å². The third-order valence-corrected chi connectivity index (χ3v) is 3.41. The Morgan fingerprint density at radius 1 is 1.04 bits per heavy atom. The molecule has 0 aliphatic carbocycles. The fourth-order valence-corrected chi connectivity index (χ4v) is 2.27. The fourth-order valence-electron chi connectivity index (χ4n) is 2.27. The Kier molecular flexibility index (Phi) is 4.61. The number of carbonyl (C=O) groups is 1. The van der Waals surface area contributed by atoms with Crippen LogP contribution in [0.25, 0.3) is 0 Å². The molecule has 0 aromatic heterocycles. The number of ether oxygens (including phenoxy) is 2. The lowest BCUT2D eigenvalue weighted by Gasteiger charge is -2.19. The van der Waals surface area contributed by atoms with Crippen molar-refractivity contribution in [1.29, 1.82) is 0 Å². The number of hydrogen-bond donors (Lipinski definition) is 2. The maximum atomic E-state index is 12.8. The Morgan fingerprint density at radius 2 is 1.78 bits per heavy atom. The molecule has 2 aromatic carbocycles. The monoisotopic (exact) mass is 316 g/mol. The smallest absolute Gasteiger partial charge is 0.319 e. The number of urea groups is 1. The van der Waals surface area contributed by atoms with Crippen molar-refractivity contribution in [3.8, 4) is 11.5 Å². The van der Waals surface area contributed by atoms with Gasteiger partial charge >= 0.3 is 6.03 Å². The normalized spacial score (nSPS) is 12.6. The average molecular weight is 316 g/mol. The van der Waals surface area contributed by atoms with E-state index in [9.17, 15) is 9.18 Å². The van der Waals surface area contributed by atoms with Crippen LogP contribution in [0.15, 0.2) is 42.5 Å². The minimum Gasteiger partial charge on any atom is -0.486 e. The lowest BCUT2D eigenvalue weighted by atomic mass is 10.1. The van der Waals surface area contributed by atoms with Crippen LogP contribution in [-0.2, 0) is 6.42 Å². The molecule has 0 bridgehead atoms. The highest BCUT2D eigenvalue weighted by Crippen LogP contribution is 2.32. The van der Waals surface area contributed by atoms with E-state index in [1.165, 1.54) is 12.1 Å². The maximum absolute atomic E-state index is 12.8. The molecule has 1 heterocycles. The number of hydrogen-bond acceptors (Lipinski definition) is 3. The number of nitrogens with one attached hydrogen (secondary N) is 2. The second kappa shape index (κ2) is 7.00. The van der Waals surface area contributed by atoms with Crippen LogP contribution in [0.3, 0.4) is 0 Å². The number of carbonyl (C=O) groups excluding carboxylic acids is 1. The topological polar surface area (TPSA) is 59.6 Å². The highest BCUT2D eigenvalue weighted by molar-refractivity contribution is 5.89. The maximum Gasteiger partial charge on any atom is 0.319 e. The van der Waals surface area contributed by atoms with Crippen LogP contribution in [0.4, 0.5) is 14.9 Å². The average Bonchev–Trinajstić information content (AvgIpc) is 2.56. The van der Waals surface area contributed by atoms with E-state index in [1.807, 2.05) is 0 Å². The summed E-state index contributed by atoms with van der Waals surface area (Å²) in [6.45, 7) is 1.49. The molecule has 0 radical (unpaired) electrons. The van der Waals surface area contributed by atoms with Gasteiger partial charge in [-0.15, -0.1) is 0 Å². The van der Waals surface area contributed by atoms with Gasteiger partial charge in [0, 0.05) is 18.3 Å². The third kappa shape index (κ3) is 4.12. The van der Waals surface area contributed by atoms with Crippen molar-refractivity contribution in [1.82, 2.24) is 5.32 Å². The van der Waals surface area contributed by atoms with Gasteiger partial charge in [-0.1, -0.05) is 12.1 Å². The Morgan fingerprint density at radius 3 is 2.57 bits per heavy atom. The van der Waals surface area contributed by atoms with E-state index in [1.54, 1.807) is 30.3 Å². The molecule has 0 fully saturated rings. The third-order valence-electron chi connectivity index (χ3n) is 3.41. The minimum atomic E-state index is -0.302. The van der Waals surface area contributed by atoms with Gasteiger partial charge in [-0.25, -0.2) is 9.18 Å². The summed E-state index contributed by atoms with van der Waals surface area (Å²) >= 11 is 0. The van der Waals surface area contributed by atoms with Crippen molar-refractivity contribution in [2.75, 3.05) is 25.1 Å². The molecule has 3 rings (SSSR count).